The van der Waals surface area contributed by atoms with Crippen LogP contribution in [-0.2, 0) is 9.53 Å². The summed E-state index contributed by atoms with van der Waals surface area (Å²) in [4.78, 5) is 15.1. The van der Waals surface area contributed by atoms with E-state index >= 15 is 0 Å². The molecule has 0 bridgehead atoms. The van der Waals surface area contributed by atoms with Gasteiger partial charge in [-0.2, -0.15) is 5.10 Å². The van der Waals surface area contributed by atoms with Gasteiger partial charge in [-0.15, -0.1) is 0 Å². The summed E-state index contributed by atoms with van der Waals surface area (Å²) in [5, 5.41) is 4.35. The van der Waals surface area contributed by atoms with E-state index in [4.69, 9.17) is 11.6 Å². The Labute approximate surface area is 102 Å². The third kappa shape index (κ3) is 2.55. The summed E-state index contributed by atoms with van der Waals surface area (Å²) in [6, 6.07) is 3.34. The van der Waals surface area contributed by atoms with E-state index in [-0.39, 0.29) is 0 Å². The fraction of sp³-hybridized carbons (Fsp3) is 0.182. The molecule has 2 heterocycles. The van der Waals surface area contributed by atoms with Crippen LogP contribution in [0.25, 0.3) is 5.65 Å². The lowest BCUT2D eigenvalue weighted by Gasteiger charge is -1.94. The Balaban J connectivity index is 2.36. The van der Waals surface area contributed by atoms with Crippen LogP contribution in [0.1, 0.15) is 12.6 Å². The third-order valence-corrected chi connectivity index (χ3v) is 2.10. The van der Waals surface area contributed by atoms with E-state index in [0.717, 1.165) is 0 Å². The van der Waals surface area contributed by atoms with Gasteiger partial charge in [-0.05, 0) is 25.0 Å². The van der Waals surface area contributed by atoms with E-state index in [9.17, 15) is 4.79 Å². The molecular weight excluding hydrogens is 242 g/mol. The number of esters is 1. The van der Waals surface area contributed by atoms with Crippen LogP contribution in [0.2, 0.25) is 5.15 Å². The van der Waals surface area contributed by atoms with Crippen molar-refractivity contribution in [1.82, 2.24) is 14.6 Å². The van der Waals surface area contributed by atoms with Gasteiger partial charge < -0.3 is 4.74 Å². The number of hydrogen-bond donors (Lipinski definition) is 0. The van der Waals surface area contributed by atoms with E-state index in [1.165, 1.54) is 10.7 Å². The van der Waals surface area contributed by atoms with Gasteiger partial charge in [0.15, 0.2) is 5.65 Å². The van der Waals surface area contributed by atoms with Crippen molar-refractivity contribution >= 4 is 23.2 Å². The molecule has 6 heteroatoms. The lowest BCUT2D eigenvalue weighted by molar-refractivity contribution is -0.136. The molecule has 0 atom stereocenters. The van der Waals surface area contributed by atoms with E-state index in [2.05, 4.69) is 26.7 Å². The van der Waals surface area contributed by atoms with Crippen molar-refractivity contribution in [2.75, 3.05) is 6.61 Å². The van der Waals surface area contributed by atoms with Gasteiger partial charge in [-0.25, -0.2) is 14.3 Å². The number of carbonyl (C=O) groups is 1. The number of imidazole rings is 1. The number of nitrogens with zero attached hydrogens (tertiary/aromatic N) is 3. The Morgan fingerprint density at radius 1 is 1.59 bits per heavy atom. The van der Waals surface area contributed by atoms with Gasteiger partial charge in [-0.3, -0.25) is 0 Å². The summed E-state index contributed by atoms with van der Waals surface area (Å²) in [5.41, 5.74) is 1.10. The Bertz CT molecular complexity index is 624. The van der Waals surface area contributed by atoms with Crippen molar-refractivity contribution in [1.29, 1.82) is 0 Å². The normalized spacial score (nSPS) is 9.76. The molecule has 0 radical (unpaired) electrons. The molecule has 0 fully saturated rings. The van der Waals surface area contributed by atoms with Gasteiger partial charge in [0, 0.05) is 5.92 Å². The Morgan fingerprint density at radius 2 is 2.41 bits per heavy atom. The standard InChI is InChI=1S/C11H8ClN3O2/c1-2-17-11(16)6-3-8-7-13-10-5-4-9(12)14-15(8)10/h4-5,7H,2H2,1H3. The zero-order valence-electron chi connectivity index (χ0n) is 8.98. The fourth-order valence-electron chi connectivity index (χ4n) is 1.22. The first kappa shape index (κ1) is 11.4. The maximum Gasteiger partial charge on any atom is 0.384 e. The second-order valence-corrected chi connectivity index (χ2v) is 3.43. The summed E-state index contributed by atoms with van der Waals surface area (Å²) in [6.07, 6.45) is 1.52. The van der Waals surface area contributed by atoms with Crippen LogP contribution in [0.5, 0.6) is 0 Å². The lowest BCUT2D eigenvalue weighted by Crippen LogP contribution is -2.00. The summed E-state index contributed by atoms with van der Waals surface area (Å²) < 4.78 is 6.15. The Kier molecular flexibility index (Phi) is 3.26. The molecule has 2 aromatic rings. The molecule has 2 aromatic heterocycles. The van der Waals surface area contributed by atoms with Crippen molar-refractivity contribution in [3.05, 3.63) is 29.2 Å². The first-order chi connectivity index (χ1) is 8.20. The van der Waals surface area contributed by atoms with Crippen LogP contribution in [0.15, 0.2) is 18.3 Å². The third-order valence-electron chi connectivity index (χ3n) is 1.90. The maximum absolute atomic E-state index is 11.1. The lowest BCUT2D eigenvalue weighted by atomic mass is 10.4. The van der Waals surface area contributed by atoms with Crippen molar-refractivity contribution in [3.63, 3.8) is 0 Å². The highest BCUT2D eigenvalue weighted by Gasteiger charge is 2.02. The number of ether oxygens (including phenoxy) is 1. The Hall–Kier alpha value is -2.06. The van der Waals surface area contributed by atoms with Gasteiger partial charge >= 0.3 is 5.97 Å². The van der Waals surface area contributed by atoms with Gasteiger partial charge in [0.1, 0.15) is 10.8 Å². The predicted octanol–water partition coefficient (Wildman–Crippen LogP) is 1.30. The van der Waals surface area contributed by atoms with Gasteiger partial charge in [0.25, 0.3) is 0 Å². The first-order valence-electron chi connectivity index (χ1n) is 4.89. The molecule has 0 saturated carbocycles. The van der Waals surface area contributed by atoms with Crippen molar-refractivity contribution in [2.24, 2.45) is 0 Å². The quantitative estimate of drug-likeness (QED) is 0.565. The highest BCUT2D eigenvalue weighted by Crippen LogP contribution is 2.08. The fourth-order valence-corrected chi connectivity index (χ4v) is 1.36. The largest absolute Gasteiger partial charge is 0.456 e. The van der Waals surface area contributed by atoms with E-state index in [1.54, 1.807) is 19.1 Å². The average Bonchev–Trinajstić information content (AvgIpc) is 2.69. The molecule has 0 aliphatic carbocycles. The second kappa shape index (κ2) is 4.85. The molecule has 0 spiro atoms. The molecule has 0 aliphatic rings. The van der Waals surface area contributed by atoms with Crippen molar-refractivity contribution in [2.45, 2.75) is 6.92 Å². The second-order valence-electron chi connectivity index (χ2n) is 3.04. The summed E-state index contributed by atoms with van der Waals surface area (Å²) in [7, 11) is 0. The van der Waals surface area contributed by atoms with E-state index in [0.29, 0.717) is 23.1 Å². The molecule has 0 amide bonds. The highest BCUT2D eigenvalue weighted by molar-refractivity contribution is 6.29. The van der Waals surface area contributed by atoms with Crippen LogP contribution in [0, 0.1) is 11.8 Å². The minimum absolute atomic E-state index is 0.296. The average molecular weight is 250 g/mol. The Morgan fingerprint density at radius 3 is 3.18 bits per heavy atom. The van der Waals surface area contributed by atoms with Crippen LogP contribution in [0.4, 0.5) is 0 Å². The predicted molar refractivity (Wildman–Crippen MR) is 61.5 cm³/mol. The monoisotopic (exact) mass is 249 g/mol. The summed E-state index contributed by atoms with van der Waals surface area (Å²) in [6.45, 7) is 2.01. The van der Waals surface area contributed by atoms with Crippen LogP contribution < -0.4 is 0 Å². The molecule has 0 aromatic carbocycles. The molecule has 86 valence electrons. The maximum atomic E-state index is 11.1. The molecular formula is C11H8ClN3O2. The molecule has 17 heavy (non-hydrogen) atoms. The van der Waals surface area contributed by atoms with Crippen molar-refractivity contribution in [3.8, 4) is 11.8 Å². The molecule has 0 N–H and O–H groups in total. The van der Waals surface area contributed by atoms with Gasteiger partial charge in [0.05, 0.1) is 12.8 Å². The zero-order valence-corrected chi connectivity index (χ0v) is 9.73. The topological polar surface area (TPSA) is 56.5 Å². The summed E-state index contributed by atoms with van der Waals surface area (Å²) in [5.74, 6) is 4.40. The first-order valence-corrected chi connectivity index (χ1v) is 5.27. The van der Waals surface area contributed by atoms with Gasteiger partial charge in [-0.1, -0.05) is 11.6 Å². The SMILES string of the molecule is CCOC(=O)C#Cc1cnc2ccc(Cl)nn12. The molecule has 5 nitrogen and oxygen atoms in total. The number of rotatable bonds is 1. The zero-order chi connectivity index (χ0) is 12.3. The number of carbonyl (C=O) groups excluding carboxylic acids is 1. The number of hydrogen-bond acceptors (Lipinski definition) is 4. The van der Waals surface area contributed by atoms with Crippen LogP contribution in [-0.4, -0.2) is 27.2 Å². The molecule has 2 rings (SSSR count). The van der Waals surface area contributed by atoms with Crippen LogP contribution >= 0.6 is 11.6 Å². The number of halogens is 1. The molecule has 0 saturated heterocycles. The van der Waals surface area contributed by atoms with Crippen LogP contribution in [0.3, 0.4) is 0 Å². The minimum atomic E-state index is -0.579. The summed E-state index contributed by atoms with van der Waals surface area (Å²) >= 11 is 5.76. The smallest absolute Gasteiger partial charge is 0.384 e. The van der Waals surface area contributed by atoms with E-state index in [1.807, 2.05) is 0 Å². The molecule has 0 unspecified atom stereocenters. The molecule has 0 aliphatic heterocycles. The van der Waals surface area contributed by atoms with Crippen molar-refractivity contribution < 1.29 is 9.53 Å². The number of fused-ring (bicyclic) bond motifs is 1. The number of aromatic nitrogens is 3. The highest BCUT2D eigenvalue weighted by atomic mass is 35.5. The minimum Gasteiger partial charge on any atom is -0.456 e. The van der Waals surface area contributed by atoms with E-state index < -0.39 is 5.97 Å². The van der Waals surface area contributed by atoms with Gasteiger partial charge in [0.2, 0.25) is 0 Å².